The molecule has 0 unspecified atom stereocenters. The van der Waals surface area contributed by atoms with Crippen molar-refractivity contribution in [3.63, 3.8) is 0 Å². The van der Waals surface area contributed by atoms with Crippen LogP contribution in [0.5, 0.6) is 0 Å². The Morgan fingerprint density at radius 2 is 2.12 bits per heavy atom. The molecule has 0 amide bonds. The van der Waals surface area contributed by atoms with Crippen LogP contribution in [0.3, 0.4) is 0 Å². The third-order valence-electron chi connectivity index (χ3n) is 2.43. The van der Waals surface area contributed by atoms with E-state index in [1.54, 1.807) is 0 Å². The molecule has 16 heavy (non-hydrogen) atoms. The molecule has 0 spiro atoms. The summed E-state index contributed by atoms with van der Waals surface area (Å²) >= 11 is 0. The zero-order chi connectivity index (χ0) is 10.8. The molecule has 0 saturated carbocycles. The van der Waals surface area contributed by atoms with Crippen LogP contribution in [0.4, 0.5) is 0 Å². The summed E-state index contributed by atoms with van der Waals surface area (Å²) in [6.45, 7) is 0. The van der Waals surface area contributed by atoms with Gasteiger partial charge >= 0.3 is 5.97 Å². The fourth-order valence-corrected chi connectivity index (χ4v) is 1.62. The number of carbonyl (C=O) groups is 1. The molecule has 5 heteroatoms. The first-order chi connectivity index (χ1) is 7.18. The Bertz CT molecular complexity index is 495. The van der Waals surface area contributed by atoms with Gasteiger partial charge in [-0.3, -0.25) is 4.79 Å². The van der Waals surface area contributed by atoms with Gasteiger partial charge in [0.1, 0.15) is 6.04 Å². The van der Waals surface area contributed by atoms with Crippen LogP contribution in [0.2, 0.25) is 0 Å². The van der Waals surface area contributed by atoms with E-state index in [0.717, 1.165) is 16.5 Å². The van der Waals surface area contributed by atoms with E-state index < -0.39 is 12.0 Å². The Morgan fingerprint density at radius 3 is 2.81 bits per heavy atom. The van der Waals surface area contributed by atoms with Gasteiger partial charge in [-0.05, 0) is 11.6 Å². The minimum atomic E-state index is -0.972. The van der Waals surface area contributed by atoms with E-state index in [-0.39, 0.29) is 27.7 Å². The molecule has 2 rings (SSSR count). The molecular formula is C11H12HgN2O2. The predicted molar refractivity (Wildman–Crippen MR) is 57.6 cm³/mol. The minimum absolute atomic E-state index is 0. The Kier molecular flexibility index (Phi) is 4.50. The number of hydrogen-bond donors (Lipinski definition) is 3. The van der Waals surface area contributed by atoms with Crippen molar-refractivity contribution in [1.29, 1.82) is 0 Å². The Morgan fingerprint density at radius 1 is 1.44 bits per heavy atom. The van der Waals surface area contributed by atoms with Gasteiger partial charge in [-0.15, -0.1) is 0 Å². The second-order valence-corrected chi connectivity index (χ2v) is 3.51. The van der Waals surface area contributed by atoms with E-state index in [2.05, 4.69) is 4.98 Å². The number of fused-ring (bicyclic) bond motifs is 1. The molecule has 1 heterocycles. The number of aromatic amines is 1. The maximum atomic E-state index is 10.6. The van der Waals surface area contributed by atoms with E-state index in [9.17, 15) is 4.79 Å². The molecule has 2 aromatic rings. The standard InChI is InChI=1S/C11H12N2O2.Hg/c12-9(11(14)15)5-7-6-13-10-4-2-1-3-8(7)10;/h1-4,6,9,13H,5,12H2,(H,14,15);/t9-;/m0./s1. The van der Waals surface area contributed by atoms with Crippen molar-refractivity contribution in [1.82, 2.24) is 4.98 Å². The third-order valence-corrected chi connectivity index (χ3v) is 2.43. The number of para-hydroxylation sites is 1. The van der Waals surface area contributed by atoms with Gasteiger partial charge in [-0.2, -0.15) is 0 Å². The van der Waals surface area contributed by atoms with Crippen LogP contribution in [-0.2, 0) is 38.9 Å². The van der Waals surface area contributed by atoms with Crippen molar-refractivity contribution in [2.75, 3.05) is 0 Å². The van der Waals surface area contributed by atoms with Crippen LogP contribution in [0, 0.1) is 0 Å². The predicted octanol–water partition coefficient (Wildman–Crippen LogP) is 1.12. The number of carboxylic acids is 1. The van der Waals surface area contributed by atoms with Crippen molar-refractivity contribution < 1.29 is 37.6 Å². The van der Waals surface area contributed by atoms with Crippen LogP contribution < -0.4 is 5.73 Å². The maximum absolute atomic E-state index is 10.6. The van der Waals surface area contributed by atoms with Gasteiger partial charge in [-0.1, -0.05) is 18.2 Å². The smallest absolute Gasteiger partial charge is 0.320 e. The molecule has 80 valence electrons. The second-order valence-electron chi connectivity index (χ2n) is 3.51. The molecule has 0 saturated heterocycles. The maximum Gasteiger partial charge on any atom is 0.320 e. The molecule has 0 aliphatic heterocycles. The normalized spacial score (nSPS) is 12.1. The average molecular weight is 405 g/mol. The second kappa shape index (κ2) is 5.45. The molecule has 4 N–H and O–H groups in total. The van der Waals surface area contributed by atoms with Crippen LogP contribution in [0.15, 0.2) is 30.5 Å². The zero-order valence-corrected chi connectivity index (χ0v) is 14.3. The molecule has 0 bridgehead atoms. The largest absolute Gasteiger partial charge is 0.480 e. The van der Waals surface area contributed by atoms with E-state index in [1.165, 1.54) is 0 Å². The van der Waals surface area contributed by atoms with Crippen LogP contribution in [0.25, 0.3) is 10.9 Å². The van der Waals surface area contributed by atoms with Crippen molar-refractivity contribution in [3.05, 3.63) is 36.0 Å². The van der Waals surface area contributed by atoms with Gasteiger partial charge in [0.25, 0.3) is 0 Å². The molecule has 0 aliphatic carbocycles. The Labute approximate surface area is 113 Å². The summed E-state index contributed by atoms with van der Waals surface area (Å²) in [7, 11) is 0. The van der Waals surface area contributed by atoms with Crippen LogP contribution >= 0.6 is 0 Å². The molecule has 1 aromatic heterocycles. The van der Waals surface area contributed by atoms with E-state index in [4.69, 9.17) is 10.8 Å². The molecule has 0 aliphatic rings. The summed E-state index contributed by atoms with van der Waals surface area (Å²) in [5.74, 6) is -0.972. The first kappa shape index (κ1) is 13.2. The van der Waals surface area contributed by atoms with E-state index >= 15 is 0 Å². The monoisotopic (exact) mass is 406 g/mol. The molecule has 1 aromatic carbocycles. The summed E-state index contributed by atoms with van der Waals surface area (Å²) in [4.78, 5) is 13.7. The van der Waals surface area contributed by atoms with Gasteiger partial charge in [0, 0.05) is 51.2 Å². The number of aromatic nitrogens is 1. The molecule has 1 atom stereocenters. The molecule has 0 radical (unpaired) electrons. The fourth-order valence-electron chi connectivity index (χ4n) is 1.62. The number of carboxylic acid groups (broad SMARTS) is 1. The fraction of sp³-hybridized carbons (Fsp3) is 0.182. The number of rotatable bonds is 3. The number of nitrogens with two attached hydrogens (primary N) is 1. The number of hydrogen-bond acceptors (Lipinski definition) is 2. The zero-order valence-electron chi connectivity index (χ0n) is 8.81. The Balaban J connectivity index is 0.00000128. The SMILES string of the molecule is N[C@@H](Cc1c[nH]c2ccccc12)C(=O)O.[Hg]. The topological polar surface area (TPSA) is 79.1 Å². The van der Waals surface area contributed by atoms with Gasteiger partial charge in [-0.25, -0.2) is 0 Å². The van der Waals surface area contributed by atoms with Crippen LogP contribution in [0.1, 0.15) is 5.56 Å². The third kappa shape index (κ3) is 2.62. The molecule has 0 fully saturated rings. The summed E-state index contributed by atoms with van der Waals surface area (Å²) < 4.78 is 0. The van der Waals surface area contributed by atoms with Gasteiger partial charge in [0.05, 0.1) is 0 Å². The van der Waals surface area contributed by atoms with Gasteiger partial charge < -0.3 is 15.8 Å². The minimum Gasteiger partial charge on any atom is -0.480 e. The quantitative estimate of drug-likeness (QED) is 0.671. The van der Waals surface area contributed by atoms with Crippen molar-refractivity contribution in [2.45, 2.75) is 12.5 Å². The first-order valence-corrected chi connectivity index (χ1v) is 4.72. The van der Waals surface area contributed by atoms with E-state index in [1.807, 2.05) is 30.5 Å². The van der Waals surface area contributed by atoms with Crippen molar-refractivity contribution in [3.8, 4) is 0 Å². The summed E-state index contributed by atoms with van der Waals surface area (Å²) in [5, 5.41) is 9.75. The van der Waals surface area contributed by atoms with Crippen molar-refractivity contribution in [2.24, 2.45) is 5.73 Å². The van der Waals surface area contributed by atoms with Gasteiger partial charge in [0.2, 0.25) is 0 Å². The molecule has 4 nitrogen and oxygen atoms in total. The Hall–Kier alpha value is -0.875. The van der Waals surface area contributed by atoms with Crippen LogP contribution in [-0.4, -0.2) is 22.1 Å². The van der Waals surface area contributed by atoms with Gasteiger partial charge in [0.15, 0.2) is 0 Å². The average Bonchev–Trinajstić information content (AvgIpc) is 2.62. The number of benzene rings is 1. The summed E-state index contributed by atoms with van der Waals surface area (Å²) in [6, 6.07) is 6.91. The number of aliphatic carboxylic acids is 1. The summed E-state index contributed by atoms with van der Waals surface area (Å²) in [6.07, 6.45) is 2.16. The number of nitrogens with one attached hydrogen (secondary N) is 1. The first-order valence-electron chi connectivity index (χ1n) is 4.72. The summed E-state index contributed by atoms with van der Waals surface area (Å²) in [5.41, 5.74) is 7.43. The van der Waals surface area contributed by atoms with Crippen molar-refractivity contribution >= 4 is 16.9 Å². The van der Waals surface area contributed by atoms with E-state index in [0.29, 0.717) is 6.42 Å². The molecular weight excluding hydrogens is 393 g/mol. The number of H-pyrrole nitrogens is 1.